The van der Waals surface area contributed by atoms with Crippen molar-refractivity contribution < 1.29 is 18.3 Å². The van der Waals surface area contributed by atoms with E-state index in [2.05, 4.69) is 5.32 Å². The molecule has 1 saturated carbocycles. The summed E-state index contributed by atoms with van der Waals surface area (Å²) in [6.45, 7) is 7.72. The highest BCUT2D eigenvalue weighted by Crippen LogP contribution is 2.23. The van der Waals surface area contributed by atoms with Gasteiger partial charge in [0, 0.05) is 19.1 Å². The van der Waals surface area contributed by atoms with Gasteiger partial charge in [-0.25, -0.2) is 13.6 Å². The lowest BCUT2D eigenvalue weighted by atomic mass is 10.1. The zero-order valence-corrected chi connectivity index (χ0v) is 14.9. The Balaban J connectivity index is 2.65. The molecule has 23 heavy (non-hydrogen) atoms. The first-order valence-electron chi connectivity index (χ1n) is 8.72. The molecule has 1 fully saturated rings. The van der Waals surface area contributed by atoms with Crippen molar-refractivity contribution in [3.63, 3.8) is 0 Å². The summed E-state index contributed by atoms with van der Waals surface area (Å²) < 4.78 is 30.7. The molecule has 0 aromatic rings. The normalized spacial score (nSPS) is 18.6. The second kappa shape index (κ2) is 9.40. The summed E-state index contributed by atoms with van der Waals surface area (Å²) in [6, 6.07) is -0.722. The molecule has 1 aliphatic rings. The average Bonchev–Trinajstić information content (AvgIpc) is 2.70. The third-order valence-corrected chi connectivity index (χ3v) is 4.09. The van der Waals surface area contributed by atoms with E-state index in [1.165, 1.54) is 19.8 Å². The molecule has 0 aromatic heterocycles. The van der Waals surface area contributed by atoms with E-state index in [0.717, 1.165) is 25.7 Å². The van der Waals surface area contributed by atoms with E-state index in [1.54, 1.807) is 4.90 Å². The van der Waals surface area contributed by atoms with Crippen molar-refractivity contribution in [1.29, 1.82) is 0 Å². The lowest BCUT2D eigenvalue weighted by molar-refractivity contribution is 0.0141. The van der Waals surface area contributed by atoms with Gasteiger partial charge in [-0.1, -0.05) is 25.7 Å². The van der Waals surface area contributed by atoms with E-state index < -0.39 is 18.1 Å². The summed E-state index contributed by atoms with van der Waals surface area (Å²) in [5, 5.41) is 2.79. The average molecular weight is 334 g/mol. The Morgan fingerprint density at radius 3 is 2.26 bits per heavy atom. The minimum atomic E-state index is -2.40. The van der Waals surface area contributed by atoms with Gasteiger partial charge in [0.05, 0.1) is 6.04 Å². The summed E-state index contributed by atoms with van der Waals surface area (Å²) >= 11 is 0. The SMILES string of the molecule is CC(NCCN(C(=O)OC(C)(C)C)C1CCCCCC1)C(F)F. The number of amides is 1. The molecule has 0 bridgehead atoms. The fourth-order valence-corrected chi connectivity index (χ4v) is 2.81. The van der Waals surface area contributed by atoms with Crippen LogP contribution in [0.25, 0.3) is 0 Å². The van der Waals surface area contributed by atoms with Gasteiger partial charge in [-0.15, -0.1) is 0 Å². The largest absolute Gasteiger partial charge is 0.444 e. The summed E-state index contributed by atoms with van der Waals surface area (Å²) in [6.07, 6.45) is 3.78. The molecule has 0 aliphatic heterocycles. The third-order valence-electron chi connectivity index (χ3n) is 4.09. The van der Waals surface area contributed by atoms with Gasteiger partial charge in [0.2, 0.25) is 0 Å². The predicted molar refractivity (Wildman–Crippen MR) is 87.9 cm³/mol. The molecule has 0 spiro atoms. The van der Waals surface area contributed by atoms with Crippen LogP contribution >= 0.6 is 0 Å². The molecule has 1 N–H and O–H groups in total. The van der Waals surface area contributed by atoms with E-state index in [4.69, 9.17) is 4.74 Å². The first kappa shape index (κ1) is 20.1. The van der Waals surface area contributed by atoms with Crippen LogP contribution in [0.1, 0.15) is 66.2 Å². The van der Waals surface area contributed by atoms with E-state index in [0.29, 0.717) is 13.1 Å². The summed E-state index contributed by atoms with van der Waals surface area (Å²) in [5.41, 5.74) is -0.552. The maximum atomic E-state index is 12.6. The smallest absolute Gasteiger partial charge is 0.410 e. The lowest BCUT2D eigenvalue weighted by Gasteiger charge is -2.33. The predicted octanol–water partition coefficient (Wildman–Crippen LogP) is 4.19. The molecule has 0 radical (unpaired) electrons. The number of halogens is 2. The minimum Gasteiger partial charge on any atom is -0.444 e. The molecule has 1 unspecified atom stereocenters. The zero-order chi connectivity index (χ0) is 17.5. The number of rotatable bonds is 6. The maximum Gasteiger partial charge on any atom is 0.410 e. The highest BCUT2D eigenvalue weighted by Gasteiger charge is 2.28. The quantitative estimate of drug-likeness (QED) is 0.741. The van der Waals surface area contributed by atoms with Gasteiger partial charge in [-0.2, -0.15) is 0 Å². The minimum absolute atomic E-state index is 0.149. The molecular formula is C17H32F2N2O2. The van der Waals surface area contributed by atoms with E-state index in [-0.39, 0.29) is 12.1 Å². The van der Waals surface area contributed by atoms with Crippen LogP contribution in [0.5, 0.6) is 0 Å². The first-order valence-corrected chi connectivity index (χ1v) is 8.72. The van der Waals surface area contributed by atoms with Gasteiger partial charge in [0.1, 0.15) is 5.60 Å². The van der Waals surface area contributed by atoms with E-state index >= 15 is 0 Å². The molecule has 6 heteroatoms. The van der Waals surface area contributed by atoms with Crippen LogP contribution in [0, 0.1) is 0 Å². The Morgan fingerprint density at radius 2 is 1.78 bits per heavy atom. The van der Waals surface area contributed by atoms with Gasteiger partial charge >= 0.3 is 6.09 Å². The van der Waals surface area contributed by atoms with E-state index in [1.807, 2.05) is 20.8 Å². The van der Waals surface area contributed by atoms with Crippen LogP contribution < -0.4 is 5.32 Å². The van der Waals surface area contributed by atoms with Gasteiger partial charge in [-0.3, -0.25) is 0 Å². The maximum absolute atomic E-state index is 12.6. The topological polar surface area (TPSA) is 41.6 Å². The monoisotopic (exact) mass is 334 g/mol. The van der Waals surface area contributed by atoms with Crippen molar-refractivity contribution in [3.05, 3.63) is 0 Å². The van der Waals surface area contributed by atoms with Gasteiger partial charge in [0.25, 0.3) is 6.43 Å². The summed E-state index contributed by atoms with van der Waals surface area (Å²) in [4.78, 5) is 14.2. The standard InChI is InChI=1S/C17H32F2N2O2/c1-13(15(18)19)20-11-12-21(16(22)23-17(2,3)4)14-9-7-5-6-8-10-14/h13-15,20H,5-12H2,1-4H3. The fraction of sp³-hybridized carbons (Fsp3) is 0.941. The Labute approximate surface area is 138 Å². The van der Waals surface area contributed by atoms with Crippen LogP contribution in [0.4, 0.5) is 13.6 Å². The Morgan fingerprint density at radius 1 is 1.22 bits per heavy atom. The molecule has 4 nitrogen and oxygen atoms in total. The zero-order valence-electron chi connectivity index (χ0n) is 14.9. The van der Waals surface area contributed by atoms with Crippen LogP contribution in [0.2, 0.25) is 0 Å². The van der Waals surface area contributed by atoms with E-state index in [9.17, 15) is 13.6 Å². The number of nitrogens with one attached hydrogen (secondary N) is 1. The number of nitrogens with zero attached hydrogens (tertiary/aromatic N) is 1. The van der Waals surface area contributed by atoms with Gasteiger partial charge in [-0.05, 0) is 40.5 Å². The Hall–Kier alpha value is -0.910. The van der Waals surface area contributed by atoms with Crippen molar-refractivity contribution in [1.82, 2.24) is 10.2 Å². The van der Waals surface area contributed by atoms with Crippen LogP contribution in [0.3, 0.4) is 0 Å². The number of hydrogen-bond donors (Lipinski definition) is 1. The summed E-state index contributed by atoms with van der Waals surface area (Å²) in [7, 11) is 0. The van der Waals surface area contributed by atoms with Crippen LogP contribution in [0.15, 0.2) is 0 Å². The summed E-state index contributed by atoms with van der Waals surface area (Å²) in [5.74, 6) is 0. The Kier molecular flexibility index (Phi) is 8.23. The molecule has 1 aliphatic carbocycles. The molecule has 0 saturated heterocycles. The van der Waals surface area contributed by atoms with Crippen LogP contribution in [-0.4, -0.2) is 48.2 Å². The number of ether oxygens (including phenoxy) is 1. The van der Waals surface area contributed by atoms with Crippen molar-refractivity contribution in [2.45, 2.75) is 90.3 Å². The highest BCUT2D eigenvalue weighted by molar-refractivity contribution is 5.68. The van der Waals surface area contributed by atoms with Crippen molar-refractivity contribution in [2.24, 2.45) is 0 Å². The van der Waals surface area contributed by atoms with Crippen LogP contribution in [-0.2, 0) is 4.74 Å². The number of alkyl halides is 2. The number of hydrogen-bond acceptors (Lipinski definition) is 3. The second-order valence-electron chi connectivity index (χ2n) is 7.40. The van der Waals surface area contributed by atoms with Crippen molar-refractivity contribution in [2.75, 3.05) is 13.1 Å². The third kappa shape index (κ3) is 7.95. The molecular weight excluding hydrogens is 302 g/mol. The molecule has 1 rings (SSSR count). The van der Waals surface area contributed by atoms with Gasteiger partial charge in [0.15, 0.2) is 0 Å². The number of carbonyl (C=O) groups is 1. The van der Waals surface area contributed by atoms with Crippen molar-refractivity contribution >= 4 is 6.09 Å². The van der Waals surface area contributed by atoms with Gasteiger partial charge < -0.3 is 15.0 Å². The fourth-order valence-electron chi connectivity index (χ4n) is 2.81. The molecule has 136 valence electrons. The van der Waals surface area contributed by atoms with Crippen molar-refractivity contribution in [3.8, 4) is 0 Å². The lowest BCUT2D eigenvalue weighted by Crippen LogP contribution is -2.47. The second-order valence-corrected chi connectivity index (χ2v) is 7.40. The first-order chi connectivity index (χ1) is 10.7. The highest BCUT2D eigenvalue weighted by atomic mass is 19.3. The molecule has 1 atom stereocenters. The number of carbonyl (C=O) groups excluding carboxylic acids is 1. The molecule has 1 amide bonds. The Bertz CT molecular complexity index is 351. The molecule has 0 aromatic carbocycles. The molecule has 0 heterocycles.